The summed E-state index contributed by atoms with van der Waals surface area (Å²) in [6, 6.07) is 2.51. The summed E-state index contributed by atoms with van der Waals surface area (Å²) >= 11 is 0. The molecule has 0 aromatic heterocycles. The number of carbonyl (C=O) groups excluding carboxylic acids is 1. The van der Waals surface area contributed by atoms with Crippen molar-refractivity contribution in [3.05, 3.63) is 0 Å². The van der Waals surface area contributed by atoms with Gasteiger partial charge in [-0.3, -0.25) is 4.79 Å². The summed E-state index contributed by atoms with van der Waals surface area (Å²) in [5, 5.41) is 8.60. The summed E-state index contributed by atoms with van der Waals surface area (Å²) in [5.74, 6) is 0.0936. The van der Waals surface area contributed by atoms with Gasteiger partial charge in [0, 0.05) is 12.6 Å². The average molecular weight is 208 g/mol. The van der Waals surface area contributed by atoms with E-state index in [4.69, 9.17) is 10.00 Å². The van der Waals surface area contributed by atoms with Crippen molar-refractivity contribution >= 4 is 5.91 Å². The van der Waals surface area contributed by atoms with E-state index in [0.29, 0.717) is 19.0 Å². The lowest BCUT2D eigenvalue weighted by Crippen LogP contribution is -2.50. The molecule has 1 amide bonds. The molecule has 1 heterocycles. The van der Waals surface area contributed by atoms with Crippen molar-refractivity contribution in [1.29, 1.82) is 5.26 Å². The SMILES string of the molecule is N#CCC1CN(C2CCCC2)C(=O)CO1. The van der Waals surface area contributed by atoms with Gasteiger partial charge in [-0.05, 0) is 12.8 Å². The summed E-state index contributed by atoms with van der Waals surface area (Å²) in [6.07, 6.45) is 4.98. The first-order chi connectivity index (χ1) is 7.31. The second-order valence-electron chi connectivity index (χ2n) is 4.28. The zero-order valence-corrected chi connectivity index (χ0v) is 8.82. The normalized spacial score (nSPS) is 28.1. The summed E-state index contributed by atoms with van der Waals surface area (Å²) in [5.41, 5.74) is 0. The average Bonchev–Trinajstić information content (AvgIpc) is 2.74. The molecule has 4 heteroatoms. The predicted octanol–water partition coefficient (Wildman–Crippen LogP) is 1.07. The van der Waals surface area contributed by atoms with Crippen LogP contribution in [0.1, 0.15) is 32.1 Å². The summed E-state index contributed by atoms with van der Waals surface area (Å²) in [7, 11) is 0. The Hall–Kier alpha value is -1.08. The molecule has 2 fully saturated rings. The highest BCUT2D eigenvalue weighted by Gasteiger charge is 2.32. The Bertz CT molecular complexity index is 279. The highest BCUT2D eigenvalue weighted by atomic mass is 16.5. The number of ether oxygens (including phenoxy) is 1. The molecule has 1 saturated carbocycles. The molecule has 0 aromatic rings. The van der Waals surface area contributed by atoms with Crippen molar-refractivity contribution in [2.45, 2.75) is 44.2 Å². The molecule has 1 unspecified atom stereocenters. The van der Waals surface area contributed by atoms with Crippen LogP contribution in [-0.4, -0.2) is 36.1 Å². The highest BCUT2D eigenvalue weighted by molar-refractivity contribution is 5.78. The lowest BCUT2D eigenvalue weighted by molar-refractivity contribution is -0.151. The van der Waals surface area contributed by atoms with Gasteiger partial charge in [0.05, 0.1) is 18.6 Å². The number of hydrogen-bond acceptors (Lipinski definition) is 3. The Labute approximate surface area is 89.8 Å². The number of amides is 1. The van der Waals surface area contributed by atoms with Crippen LogP contribution < -0.4 is 0 Å². The van der Waals surface area contributed by atoms with E-state index in [1.54, 1.807) is 0 Å². The Balaban J connectivity index is 1.95. The van der Waals surface area contributed by atoms with Crippen molar-refractivity contribution in [2.24, 2.45) is 0 Å². The fraction of sp³-hybridized carbons (Fsp3) is 0.818. The Morgan fingerprint density at radius 3 is 2.87 bits per heavy atom. The van der Waals surface area contributed by atoms with Crippen LogP contribution in [0.3, 0.4) is 0 Å². The summed E-state index contributed by atoms with van der Waals surface area (Å²) in [6.45, 7) is 0.764. The molecule has 0 bridgehead atoms. The van der Waals surface area contributed by atoms with E-state index < -0.39 is 0 Å². The van der Waals surface area contributed by atoms with Crippen LogP contribution >= 0.6 is 0 Å². The second kappa shape index (κ2) is 4.63. The minimum absolute atomic E-state index is 0.0756. The largest absolute Gasteiger partial charge is 0.365 e. The van der Waals surface area contributed by atoms with E-state index in [2.05, 4.69) is 6.07 Å². The first kappa shape index (κ1) is 10.4. The van der Waals surface area contributed by atoms with Crippen molar-refractivity contribution in [3.63, 3.8) is 0 Å². The Morgan fingerprint density at radius 1 is 1.47 bits per heavy atom. The van der Waals surface area contributed by atoms with Crippen LogP contribution in [0.2, 0.25) is 0 Å². The van der Waals surface area contributed by atoms with Crippen molar-refractivity contribution in [1.82, 2.24) is 4.90 Å². The third kappa shape index (κ3) is 2.29. The van der Waals surface area contributed by atoms with Crippen LogP contribution in [-0.2, 0) is 9.53 Å². The quantitative estimate of drug-likeness (QED) is 0.682. The van der Waals surface area contributed by atoms with Crippen LogP contribution in [0.15, 0.2) is 0 Å². The molecule has 0 aromatic carbocycles. The summed E-state index contributed by atoms with van der Waals surface area (Å²) in [4.78, 5) is 13.6. The molecule has 15 heavy (non-hydrogen) atoms. The lowest BCUT2D eigenvalue weighted by atomic mass is 10.1. The molecule has 2 aliphatic rings. The number of nitriles is 1. The van der Waals surface area contributed by atoms with Crippen molar-refractivity contribution < 1.29 is 9.53 Å². The molecule has 0 N–H and O–H groups in total. The maximum Gasteiger partial charge on any atom is 0.248 e. The first-order valence-corrected chi connectivity index (χ1v) is 5.59. The van der Waals surface area contributed by atoms with E-state index in [1.807, 2.05) is 4.90 Å². The molecule has 1 atom stereocenters. The number of morpholine rings is 1. The molecule has 1 saturated heterocycles. The predicted molar refractivity (Wildman–Crippen MR) is 53.9 cm³/mol. The van der Waals surface area contributed by atoms with Crippen molar-refractivity contribution in [2.75, 3.05) is 13.2 Å². The van der Waals surface area contributed by atoms with Crippen LogP contribution in [0.25, 0.3) is 0 Å². The van der Waals surface area contributed by atoms with Gasteiger partial charge >= 0.3 is 0 Å². The van der Waals surface area contributed by atoms with Gasteiger partial charge in [0.15, 0.2) is 0 Å². The summed E-state index contributed by atoms with van der Waals surface area (Å²) < 4.78 is 5.31. The minimum atomic E-state index is -0.0756. The van der Waals surface area contributed by atoms with Crippen LogP contribution in [0, 0.1) is 11.3 Å². The Kier molecular flexibility index (Phi) is 3.22. The van der Waals surface area contributed by atoms with Gasteiger partial charge in [0.2, 0.25) is 5.91 Å². The molecule has 1 aliphatic heterocycles. The zero-order chi connectivity index (χ0) is 10.7. The van der Waals surface area contributed by atoms with Gasteiger partial charge in [-0.2, -0.15) is 5.26 Å². The van der Waals surface area contributed by atoms with E-state index in [1.165, 1.54) is 12.8 Å². The van der Waals surface area contributed by atoms with Gasteiger partial charge in [-0.15, -0.1) is 0 Å². The van der Waals surface area contributed by atoms with Gasteiger partial charge in [-0.25, -0.2) is 0 Å². The fourth-order valence-corrected chi connectivity index (χ4v) is 2.44. The van der Waals surface area contributed by atoms with Crippen molar-refractivity contribution in [3.8, 4) is 6.07 Å². The van der Waals surface area contributed by atoms with Gasteiger partial charge in [0.1, 0.15) is 6.61 Å². The molecule has 4 nitrogen and oxygen atoms in total. The molecule has 0 radical (unpaired) electrons. The second-order valence-corrected chi connectivity index (χ2v) is 4.28. The third-order valence-electron chi connectivity index (χ3n) is 3.25. The van der Waals surface area contributed by atoms with E-state index in [0.717, 1.165) is 12.8 Å². The van der Waals surface area contributed by atoms with Crippen LogP contribution in [0.4, 0.5) is 0 Å². The smallest absolute Gasteiger partial charge is 0.248 e. The number of carbonyl (C=O) groups is 1. The first-order valence-electron chi connectivity index (χ1n) is 5.59. The van der Waals surface area contributed by atoms with E-state index in [-0.39, 0.29) is 18.6 Å². The topological polar surface area (TPSA) is 53.3 Å². The van der Waals surface area contributed by atoms with Gasteiger partial charge in [0.25, 0.3) is 0 Å². The molecule has 0 spiro atoms. The number of hydrogen-bond donors (Lipinski definition) is 0. The molecule has 82 valence electrons. The van der Waals surface area contributed by atoms with Gasteiger partial charge < -0.3 is 9.64 Å². The Morgan fingerprint density at radius 2 is 2.20 bits per heavy atom. The molecular formula is C11H16N2O2. The lowest BCUT2D eigenvalue weighted by Gasteiger charge is -2.36. The fourth-order valence-electron chi connectivity index (χ4n) is 2.44. The maximum atomic E-state index is 11.6. The maximum absolute atomic E-state index is 11.6. The monoisotopic (exact) mass is 208 g/mol. The zero-order valence-electron chi connectivity index (χ0n) is 8.82. The number of rotatable bonds is 2. The molecule has 1 aliphatic carbocycles. The standard InChI is InChI=1S/C11H16N2O2/c12-6-5-10-7-13(11(14)8-15-10)9-3-1-2-4-9/h9-10H,1-5,7-8H2. The number of nitrogens with zero attached hydrogens (tertiary/aromatic N) is 2. The van der Waals surface area contributed by atoms with E-state index in [9.17, 15) is 4.79 Å². The van der Waals surface area contributed by atoms with E-state index >= 15 is 0 Å². The third-order valence-corrected chi connectivity index (χ3v) is 3.25. The highest BCUT2D eigenvalue weighted by Crippen LogP contribution is 2.25. The molecular weight excluding hydrogens is 192 g/mol. The molecule has 2 rings (SSSR count). The van der Waals surface area contributed by atoms with Crippen LogP contribution in [0.5, 0.6) is 0 Å². The van der Waals surface area contributed by atoms with Gasteiger partial charge in [-0.1, -0.05) is 12.8 Å². The minimum Gasteiger partial charge on any atom is -0.365 e.